The summed E-state index contributed by atoms with van der Waals surface area (Å²) in [5.41, 5.74) is 7.17. The van der Waals surface area contributed by atoms with Crippen molar-refractivity contribution in [3.63, 3.8) is 0 Å². The summed E-state index contributed by atoms with van der Waals surface area (Å²) in [6.45, 7) is 5.45. The van der Waals surface area contributed by atoms with Gasteiger partial charge in [0.05, 0.1) is 24.5 Å². The average molecular weight is 343 g/mol. The maximum Gasteiger partial charge on any atom is 0.243 e. The predicted molar refractivity (Wildman–Crippen MR) is 81.1 cm³/mol. The summed E-state index contributed by atoms with van der Waals surface area (Å²) in [6, 6.07) is 1.18. The van der Waals surface area contributed by atoms with Gasteiger partial charge in [-0.3, -0.25) is 9.59 Å². The van der Waals surface area contributed by atoms with Crippen molar-refractivity contribution in [1.29, 1.82) is 0 Å². The Morgan fingerprint density at radius 2 is 2.10 bits per heavy atom. The molecule has 1 heterocycles. The van der Waals surface area contributed by atoms with E-state index in [4.69, 9.17) is 5.73 Å². The van der Waals surface area contributed by atoms with Gasteiger partial charge >= 0.3 is 0 Å². The van der Waals surface area contributed by atoms with Crippen LogP contribution in [0.1, 0.15) is 19.4 Å². The highest BCUT2D eigenvalue weighted by molar-refractivity contribution is 9.10. The van der Waals surface area contributed by atoms with E-state index in [9.17, 15) is 9.59 Å². The molecule has 20 heavy (non-hydrogen) atoms. The van der Waals surface area contributed by atoms with Gasteiger partial charge in [0.2, 0.25) is 11.8 Å². The highest BCUT2D eigenvalue weighted by Gasteiger charge is 2.17. The highest BCUT2D eigenvalue weighted by Crippen LogP contribution is 2.16. The lowest BCUT2D eigenvalue weighted by Gasteiger charge is -2.15. The molecule has 0 radical (unpaired) electrons. The third-order valence-electron chi connectivity index (χ3n) is 2.74. The largest absolute Gasteiger partial charge is 0.346 e. The molecule has 6 nitrogen and oxygen atoms in total. The average Bonchev–Trinajstić information content (AvgIpc) is 2.39. The number of aromatic nitrogens is 1. The van der Waals surface area contributed by atoms with Gasteiger partial charge in [-0.25, -0.2) is 4.98 Å². The fourth-order valence-electron chi connectivity index (χ4n) is 1.42. The molecular weight excluding hydrogens is 324 g/mol. The van der Waals surface area contributed by atoms with Gasteiger partial charge in [-0.1, -0.05) is 13.8 Å². The van der Waals surface area contributed by atoms with Crippen molar-refractivity contribution in [3.05, 3.63) is 22.4 Å². The zero-order valence-electron chi connectivity index (χ0n) is 11.7. The van der Waals surface area contributed by atoms with E-state index in [0.717, 1.165) is 10.2 Å². The molecule has 1 atom stereocenters. The number of nitrogens with two attached hydrogens (primary N) is 1. The van der Waals surface area contributed by atoms with Crippen LogP contribution in [0.15, 0.2) is 16.9 Å². The minimum absolute atomic E-state index is 0.0244. The second kappa shape index (κ2) is 7.35. The monoisotopic (exact) mass is 342 g/mol. The number of hydrogen-bond acceptors (Lipinski definition) is 4. The van der Waals surface area contributed by atoms with E-state index in [1.165, 1.54) is 6.20 Å². The lowest BCUT2D eigenvalue weighted by Crippen LogP contribution is -2.46. The van der Waals surface area contributed by atoms with E-state index < -0.39 is 6.04 Å². The van der Waals surface area contributed by atoms with Crippen LogP contribution in [0.2, 0.25) is 0 Å². The van der Waals surface area contributed by atoms with Crippen LogP contribution in [-0.4, -0.2) is 29.4 Å². The molecule has 1 aromatic heterocycles. The molecular formula is C13H19BrN4O2. The summed E-state index contributed by atoms with van der Waals surface area (Å²) >= 11 is 3.28. The number of anilines is 1. The van der Waals surface area contributed by atoms with Gasteiger partial charge in [0.1, 0.15) is 4.60 Å². The van der Waals surface area contributed by atoms with Gasteiger partial charge in [-0.2, -0.15) is 0 Å². The van der Waals surface area contributed by atoms with E-state index in [1.807, 2.05) is 20.8 Å². The number of pyridine rings is 1. The molecule has 0 bridgehead atoms. The molecule has 1 rings (SSSR count). The Hall–Kier alpha value is -1.47. The van der Waals surface area contributed by atoms with E-state index in [0.29, 0.717) is 5.69 Å². The maximum absolute atomic E-state index is 11.7. The molecule has 1 aromatic rings. The molecule has 7 heteroatoms. The summed E-state index contributed by atoms with van der Waals surface area (Å²) in [5, 5.41) is 5.16. The normalized spacial score (nSPS) is 12.1. The topological polar surface area (TPSA) is 97.1 Å². The molecule has 0 spiro atoms. The van der Waals surface area contributed by atoms with Crippen LogP contribution in [0, 0.1) is 12.8 Å². The van der Waals surface area contributed by atoms with E-state index in [-0.39, 0.29) is 24.3 Å². The number of hydrogen-bond donors (Lipinski definition) is 3. The Bertz CT molecular complexity index is 505. The van der Waals surface area contributed by atoms with Crippen molar-refractivity contribution < 1.29 is 9.59 Å². The molecule has 0 aliphatic carbocycles. The van der Waals surface area contributed by atoms with Crippen LogP contribution in [0.3, 0.4) is 0 Å². The smallest absolute Gasteiger partial charge is 0.243 e. The van der Waals surface area contributed by atoms with Gasteiger partial charge < -0.3 is 16.4 Å². The Labute approximate surface area is 126 Å². The van der Waals surface area contributed by atoms with Crippen LogP contribution >= 0.6 is 15.9 Å². The summed E-state index contributed by atoms with van der Waals surface area (Å²) in [5.74, 6) is -0.630. The molecule has 0 fully saturated rings. The SMILES string of the molecule is Cc1cc(NC(=O)CNC(=O)[C@@H](N)C(C)C)cnc1Br. The summed E-state index contributed by atoms with van der Waals surface area (Å²) in [4.78, 5) is 27.4. The van der Waals surface area contributed by atoms with E-state index in [2.05, 4.69) is 31.5 Å². The van der Waals surface area contributed by atoms with Crippen LogP contribution < -0.4 is 16.4 Å². The molecule has 0 aromatic carbocycles. The number of halogens is 1. The third-order valence-corrected chi connectivity index (χ3v) is 3.57. The number of rotatable bonds is 5. The first-order valence-electron chi connectivity index (χ1n) is 6.26. The number of carbonyl (C=O) groups excluding carboxylic acids is 2. The molecule has 0 aliphatic heterocycles. The molecule has 4 N–H and O–H groups in total. The van der Waals surface area contributed by atoms with Crippen molar-refractivity contribution in [2.24, 2.45) is 11.7 Å². The zero-order chi connectivity index (χ0) is 15.3. The quantitative estimate of drug-likeness (QED) is 0.700. The molecule has 0 aliphatic rings. The first-order chi connectivity index (χ1) is 9.31. The fourth-order valence-corrected chi connectivity index (χ4v) is 1.64. The number of carbonyl (C=O) groups is 2. The molecule has 0 saturated carbocycles. The fraction of sp³-hybridized carbons (Fsp3) is 0.462. The minimum atomic E-state index is -0.612. The number of aryl methyl sites for hydroxylation is 1. The van der Waals surface area contributed by atoms with E-state index in [1.54, 1.807) is 6.07 Å². The van der Waals surface area contributed by atoms with Crippen molar-refractivity contribution in [3.8, 4) is 0 Å². The first kappa shape index (κ1) is 16.6. The summed E-state index contributed by atoms with van der Waals surface area (Å²) < 4.78 is 0.728. The Balaban J connectivity index is 2.48. The van der Waals surface area contributed by atoms with Gasteiger partial charge in [0, 0.05) is 0 Å². The molecule has 0 unspecified atom stereocenters. The number of amides is 2. The van der Waals surface area contributed by atoms with Gasteiger partial charge in [0.15, 0.2) is 0 Å². The minimum Gasteiger partial charge on any atom is -0.346 e. The van der Waals surface area contributed by atoms with Crippen molar-refractivity contribution in [2.45, 2.75) is 26.8 Å². The van der Waals surface area contributed by atoms with Crippen LogP contribution in [-0.2, 0) is 9.59 Å². The zero-order valence-corrected chi connectivity index (χ0v) is 13.3. The first-order valence-corrected chi connectivity index (χ1v) is 7.06. The van der Waals surface area contributed by atoms with Crippen LogP contribution in [0.4, 0.5) is 5.69 Å². The highest BCUT2D eigenvalue weighted by atomic mass is 79.9. The van der Waals surface area contributed by atoms with Crippen molar-refractivity contribution in [2.75, 3.05) is 11.9 Å². The maximum atomic E-state index is 11.7. The Kier molecular flexibility index (Phi) is 6.09. The number of nitrogens with zero attached hydrogens (tertiary/aromatic N) is 1. The second-order valence-corrected chi connectivity index (χ2v) is 5.62. The second-order valence-electron chi connectivity index (χ2n) is 4.87. The third kappa shape index (κ3) is 4.90. The van der Waals surface area contributed by atoms with Crippen LogP contribution in [0.5, 0.6) is 0 Å². The van der Waals surface area contributed by atoms with Crippen LogP contribution in [0.25, 0.3) is 0 Å². The molecule has 0 saturated heterocycles. The van der Waals surface area contributed by atoms with Crippen molar-refractivity contribution in [1.82, 2.24) is 10.3 Å². The van der Waals surface area contributed by atoms with Gasteiger partial charge in [-0.15, -0.1) is 0 Å². The van der Waals surface area contributed by atoms with Gasteiger partial charge in [0.25, 0.3) is 0 Å². The summed E-state index contributed by atoms with van der Waals surface area (Å²) in [7, 11) is 0. The standard InChI is InChI=1S/C13H19BrN4O2/c1-7(2)11(15)13(20)17-6-10(19)18-9-4-8(3)12(14)16-5-9/h4-5,7,11H,6,15H2,1-3H3,(H,17,20)(H,18,19)/t11-/m0/s1. The van der Waals surface area contributed by atoms with E-state index >= 15 is 0 Å². The summed E-state index contributed by atoms with van der Waals surface area (Å²) in [6.07, 6.45) is 1.54. The van der Waals surface area contributed by atoms with Gasteiger partial charge in [-0.05, 0) is 40.4 Å². The Morgan fingerprint density at radius 3 is 2.65 bits per heavy atom. The lowest BCUT2D eigenvalue weighted by atomic mass is 10.1. The van der Waals surface area contributed by atoms with Crippen molar-refractivity contribution >= 4 is 33.4 Å². The molecule has 2 amide bonds. The molecule has 110 valence electrons. The Morgan fingerprint density at radius 1 is 1.45 bits per heavy atom. The number of nitrogens with one attached hydrogen (secondary N) is 2. The predicted octanol–water partition coefficient (Wildman–Crippen LogP) is 1.19. The lowest BCUT2D eigenvalue weighted by molar-refractivity contribution is -0.125.